The van der Waals surface area contributed by atoms with Crippen LogP contribution in [0, 0.1) is 0 Å². The van der Waals surface area contributed by atoms with Crippen LogP contribution in [0.3, 0.4) is 0 Å². The summed E-state index contributed by atoms with van der Waals surface area (Å²) >= 11 is 1.31. The fraction of sp³-hybridized carbons (Fsp3) is 0.545. The smallest absolute Gasteiger partial charge is 0.341 e. The number of carboxylic acids is 1. The molecule has 0 aliphatic carbocycles. The number of carbonyl (C=O) groups is 1. The molecule has 0 amide bonds. The zero-order valence-corrected chi connectivity index (χ0v) is 11.4. The number of nitrogens with zero attached hydrogens (tertiary/aromatic N) is 2. The van der Waals surface area contributed by atoms with Crippen molar-refractivity contribution in [3.05, 3.63) is 11.8 Å². The van der Waals surface area contributed by atoms with Crippen molar-refractivity contribution >= 4 is 23.5 Å². The van der Waals surface area contributed by atoms with Crippen LogP contribution in [0.1, 0.15) is 17.3 Å². The number of carboxylic acid groups (broad SMARTS) is 1. The molecule has 8 heteroatoms. The van der Waals surface area contributed by atoms with Crippen LogP contribution in [0.4, 0.5) is 5.82 Å². The van der Waals surface area contributed by atoms with Gasteiger partial charge in [-0.1, -0.05) is 11.8 Å². The number of nitrogens with one attached hydrogen (secondary N) is 1. The monoisotopic (exact) mass is 285 g/mol. The summed E-state index contributed by atoms with van der Waals surface area (Å²) in [5, 5.41) is 22.6. The number of rotatable bonds is 4. The van der Waals surface area contributed by atoms with E-state index in [1.54, 1.807) is 13.2 Å². The van der Waals surface area contributed by atoms with Gasteiger partial charge in [-0.2, -0.15) is 0 Å². The van der Waals surface area contributed by atoms with Gasteiger partial charge in [-0.15, -0.1) is 0 Å². The second kappa shape index (κ2) is 5.32. The molecule has 1 fully saturated rings. The molecule has 2 atom stereocenters. The van der Waals surface area contributed by atoms with Crippen molar-refractivity contribution in [2.45, 2.75) is 23.7 Å². The van der Waals surface area contributed by atoms with Crippen LogP contribution in [0.5, 0.6) is 0 Å². The van der Waals surface area contributed by atoms with Gasteiger partial charge in [-0.3, -0.25) is 0 Å². The molecule has 7 nitrogen and oxygen atoms in total. The number of hydrogen-bond acceptors (Lipinski definition) is 7. The summed E-state index contributed by atoms with van der Waals surface area (Å²) < 4.78 is 5.19. The molecule has 0 saturated carbocycles. The van der Waals surface area contributed by atoms with Crippen LogP contribution >= 0.6 is 11.8 Å². The number of anilines is 1. The van der Waals surface area contributed by atoms with Gasteiger partial charge < -0.3 is 20.3 Å². The molecule has 3 N–H and O–H groups in total. The molecule has 0 bridgehead atoms. The quantitative estimate of drug-likeness (QED) is 0.541. The van der Waals surface area contributed by atoms with Crippen molar-refractivity contribution in [2.75, 3.05) is 24.8 Å². The molecule has 0 radical (unpaired) electrons. The molecule has 0 spiro atoms. The van der Waals surface area contributed by atoms with Gasteiger partial charge in [0.15, 0.2) is 5.16 Å². The standard InChI is InChI=1S/C11H15N3O4S/c1-11(17)5-18-4-7(11)13-8-6(9(15)16)3-12-10(14-8)19-2/h3,7,17H,4-5H2,1-2H3,(H,15,16)(H,12,13,14)/t7-,11-/m1/s1. The third-order valence-electron chi connectivity index (χ3n) is 2.92. The number of ether oxygens (including phenoxy) is 1. The van der Waals surface area contributed by atoms with Gasteiger partial charge in [0.25, 0.3) is 0 Å². The van der Waals surface area contributed by atoms with Crippen molar-refractivity contribution in [3.63, 3.8) is 0 Å². The fourth-order valence-electron chi connectivity index (χ4n) is 1.76. The van der Waals surface area contributed by atoms with Crippen LogP contribution in [0.25, 0.3) is 0 Å². The van der Waals surface area contributed by atoms with E-state index in [1.807, 2.05) is 0 Å². The van der Waals surface area contributed by atoms with E-state index in [2.05, 4.69) is 15.3 Å². The van der Waals surface area contributed by atoms with Crippen molar-refractivity contribution in [3.8, 4) is 0 Å². The average molecular weight is 285 g/mol. The predicted octanol–water partition coefficient (Wildman–Crippen LogP) is 0.458. The highest BCUT2D eigenvalue weighted by Gasteiger charge is 2.38. The van der Waals surface area contributed by atoms with Gasteiger partial charge in [-0.25, -0.2) is 14.8 Å². The van der Waals surface area contributed by atoms with Crippen molar-refractivity contribution < 1.29 is 19.7 Å². The first kappa shape index (κ1) is 14.0. The third-order valence-corrected chi connectivity index (χ3v) is 3.48. The van der Waals surface area contributed by atoms with E-state index >= 15 is 0 Å². The minimum atomic E-state index is -1.12. The first-order chi connectivity index (χ1) is 8.94. The average Bonchev–Trinajstić information content (AvgIpc) is 2.68. The Morgan fingerprint density at radius 2 is 2.42 bits per heavy atom. The molecule has 1 aliphatic heterocycles. The highest BCUT2D eigenvalue weighted by Crippen LogP contribution is 2.24. The number of aromatic nitrogens is 2. The number of hydrogen-bond donors (Lipinski definition) is 3. The van der Waals surface area contributed by atoms with Gasteiger partial charge in [-0.05, 0) is 13.2 Å². The largest absolute Gasteiger partial charge is 0.477 e. The molecule has 1 aromatic heterocycles. The SMILES string of the molecule is CSc1ncc(C(=O)O)c(N[C@@H]2COC[C@@]2(C)O)n1. The van der Waals surface area contributed by atoms with Crippen LogP contribution in [0.15, 0.2) is 11.4 Å². The third kappa shape index (κ3) is 2.96. The lowest BCUT2D eigenvalue weighted by Gasteiger charge is -2.25. The molecule has 104 valence electrons. The van der Waals surface area contributed by atoms with Gasteiger partial charge in [0, 0.05) is 6.20 Å². The van der Waals surface area contributed by atoms with Crippen molar-refractivity contribution in [2.24, 2.45) is 0 Å². The molecule has 2 heterocycles. The second-order valence-electron chi connectivity index (χ2n) is 4.49. The minimum Gasteiger partial charge on any atom is -0.477 e. The maximum atomic E-state index is 11.1. The molecule has 1 aliphatic rings. The van der Waals surface area contributed by atoms with E-state index in [0.29, 0.717) is 11.8 Å². The lowest BCUT2D eigenvalue weighted by molar-refractivity contribution is 0.0388. The Balaban J connectivity index is 2.29. The van der Waals surface area contributed by atoms with E-state index < -0.39 is 17.6 Å². The second-order valence-corrected chi connectivity index (χ2v) is 5.27. The van der Waals surface area contributed by atoms with E-state index in [0.717, 1.165) is 0 Å². The lowest BCUT2D eigenvalue weighted by Crippen LogP contribution is -2.43. The molecule has 2 rings (SSSR count). The molecule has 0 aromatic carbocycles. The Bertz CT molecular complexity index is 495. The number of aromatic carboxylic acids is 1. The maximum Gasteiger partial charge on any atom is 0.341 e. The van der Waals surface area contributed by atoms with Crippen LogP contribution in [0.2, 0.25) is 0 Å². The first-order valence-electron chi connectivity index (χ1n) is 5.65. The zero-order valence-electron chi connectivity index (χ0n) is 10.6. The Morgan fingerprint density at radius 3 is 2.95 bits per heavy atom. The molecule has 19 heavy (non-hydrogen) atoms. The molecular weight excluding hydrogens is 270 g/mol. The Morgan fingerprint density at radius 1 is 1.68 bits per heavy atom. The molecule has 1 aromatic rings. The minimum absolute atomic E-state index is 0.0273. The summed E-state index contributed by atoms with van der Waals surface area (Å²) in [6.45, 7) is 2.13. The zero-order chi connectivity index (χ0) is 14.0. The summed E-state index contributed by atoms with van der Waals surface area (Å²) in [5.41, 5.74) is -1.08. The Labute approximate surface area is 114 Å². The fourth-order valence-corrected chi connectivity index (χ4v) is 2.10. The topological polar surface area (TPSA) is 105 Å². The van der Waals surface area contributed by atoms with Gasteiger partial charge in [0.2, 0.25) is 0 Å². The summed E-state index contributed by atoms with van der Waals surface area (Å²) in [4.78, 5) is 19.2. The van der Waals surface area contributed by atoms with Gasteiger partial charge in [0.1, 0.15) is 17.0 Å². The molecule has 0 unspecified atom stereocenters. The number of thioether (sulfide) groups is 1. The normalized spacial score (nSPS) is 26.4. The maximum absolute atomic E-state index is 11.1. The highest BCUT2D eigenvalue weighted by molar-refractivity contribution is 7.98. The number of aliphatic hydroxyl groups is 1. The van der Waals surface area contributed by atoms with Gasteiger partial charge >= 0.3 is 5.97 Å². The Kier molecular flexibility index (Phi) is 3.93. The highest BCUT2D eigenvalue weighted by atomic mass is 32.2. The molecular formula is C11H15N3O4S. The summed E-state index contributed by atoms with van der Waals surface area (Å²) in [6.07, 6.45) is 3.06. The van der Waals surface area contributed by atoms with Gasteiger partial charge in [0.05, 0.1) is 19.3 Å². The van der Waals surface area contributed by atoms with E-state index in [-0.39, 0.29) is 18.0 Å². The summed E-state index contributed by atoms with van der Waals surface area (Å²) in [6, 6.07) is -0.407. The van der Waals surface area contributed by atoms with Crippen LogP contribution < -0.4 is 5.32 Å². The van der Waals surface area contributed by atoms with E-state index in [1.165, 1.54) is 18.0 Å². The first-order valence-corrected chi connectivity index (χ1v) is 6.87. The summed E-state index contributed by atoms with van der Waals surface area (Å²) in [7, 11) is 0. The van der Waals surface area contributed by atoms with Crippen LogP contribution in [-0.4, -0.2) is 57.3 Å². The lowest BCUT2D eigenvalue weighted by atomic mass is 10.0. The van der Waals surface area contributed by atoms with Crippen LogP contribution in [-0.2, 0) is 4.74 Å². The predicted molar refractivity (Wildman–Crippen MR) is 69.6 cm³/mol. The summed E-state index contributed by atoms with van der Waals surface area (Å²) in [5.74, 6) is -0.920. The van der Waals surface area contributed by atoms with Crippen molar-refractivity contribution in [1.29, 1.82) is 0 Å². The molecule has 1 saturated heterocycles. The van der Waals surface area contributed by atoms with Crippen molar-refractivity contribution in [1.82, 2.24) is 9.97 Å². The van der Waals surface area contributed by atoms with E-state index in [4.69, 9.17) is 9.84 Å². The van der Waals surface area contributed by atoms with E-state index in [9.17, 15) is 9.90 Å². The Hall–Kier alpha value is -1.38.